The molecule has 3 atom stereocenters. The van der Waals surface area contributed by atoms with Crippen molar-refractivity contribution in [2.45, 2.75) is 353 Å². The Bertz CT molecular complexity index is 909. The van der Waals surface area contributed by atoms with Crippen molar-refractivity contribution < 1.29 is 20.1 Å². The number of hydrogen-bond acceptors (Lipinski definition) is 4. The standard InChI is InChI=1S/C59H117NO4/c1-3-5-7-9-11-13-15-17-19-21-23-25-27-29-30-32-34-36-38-40-42-44-46-48-50-52-54-58(63)59(64)60-56(55-61)57(62)53-51-49-47-45-43-41-39-37-35-33-31-28-26-24-22-20-18-16-14-12-10-8-6-4-2/h51,53,56-58,61-63H,3-50,52,54-55H2,1-2H3,(H,60,64)/b53-51+. The summed E-state index contributed by atoms with van der Waals surface area (Å²) in [5.41, 5.74) is 0. The highest BCUT2D eigenvalue weighted by molar-refractivity contribution is 5.80. The molecule has 0 heterocycles. The molecule has 1 amide bonds. The van der Waals surface area contributed by atoms with Crippen molar-refractivity contribution >= 4 is 5.91 Å². The predicted molar refractivity (Wildman–Crippen MR) is 282 cm³/mol. The molecule has 64 heavy (non-hydrogen) atoms. The number of nitrogens with one attached hydrogen (secondary N) is 1. The van der Waals surface area contributed by atoms with Gasteiger partial charge in [-0.3, -0.25) is 4.79 Å². The molecule has 0 rings (SSSR count). The average molecular weight is 905 g/mol. The van der Waals surface area contributed by atoms with E-state index in [1.165, 1.54) is 283 Å². The summed E-state index contributed by atoms with van der Waals surface area (Å²) in [4.78, 5) is 12.6. The zero-order chi connectivity index (χ0) is 46.5. The molecule has 0 aromatic rings. The van der Waals surface area contributed by atoms with E-state index in [9.17, 15) is 20.1 Å². The Morgan fingerprint density at radius 3 is 0.859 bits per heavy atom. The van der Waals surface area contributed by atoms with E-state index in [2.05, 4.69) is 19.2 Å². The smallest absolute Gasteiger partial charge is 0.249 e. The van der Waals surface area contributed by atoms with Crippen LogP contribution in [0.25, 0.3) is 0 Å². The number of carbonyl (C=O) groups is 1. The van der Waals surface area contributed by atoms with Crippen LogP contribution in [0.5, 0.6) is 0 Å². The third kappa shape index (κ3) is 49.0. The number of rotatable bonds is 55. The van der Waals surface area contributed by atoms with Crippen LogP contribution in [-0.2, 0) is 4.79 Å². The third-order valence-corrected chi connectivity index (χ3v) is 14.1. The first kappa shape index (κ1) is 63.1. The number of amides is 1. The van der Waals surface area contributed by atoms with Gasteiger partial charge in [0, 0.05) is 0 Å². The zero-order valence-electron chi connectivity index (χ0n) is 43.7. The van der Waals surface area contributed by atoms with Crippen molar-refractivity contribution in [3.63, 3.8) is 0 Å². The fourth-order valence-electron chi connectivity index (χ4n) is 9.54. The molecule has 0 aliphatic rings. The van der Waals surface area contributed by atoms with Gasteiger partial charge in [-0.05, 0) is 19.3 Å². The molecule has 0 aromatic carbocycles. The molecule has 5 heteroatoms. The summed E-state index contributed by atoms with van der Waals surface area (Å²) < 4.78 is 0. The number of carbonyl (C=O) groups excluding carboxylic acids is 1. The Balaban J connectivity index is 3.52. The number of allylic oxidation sites excluding steroid dienone is 1. The number of unbranched alkanes of at least 4 members (excludes halogenated alkanes) is 47. The summed E-state index contributed by atoms with van der Waals surface area (Å²) >= 11 is 0. The number of aliphatic hydroxyl groups is 3. The second-order valence-corrected chi connectivity index (χ2v) is 20.6. The second-order valence-electron chi connectivity index (χ2n) is 20.6. The van der Waals surface area contributed by atoms with Gasteiger partial charge in [0.25, 0.3) is 0 Å². The molecular weight excluding hydrogens is 787 g/mol. The number of hydrogen-bond donors (Lipinski definition) is 4. The lowest BCUT2D eigenvalue weighted by atomic mass is 10.0. The van der Waals surface area contributed by atoms with Gasteiger partial charge < -0.3 is 20.6 Å². The molecular formula is C59H117NO4. The third-order valence-electron chi connectivity index (χ3n) is 14.1. The van der Waals surface area contributed by atoms with Crippen molar-refractivity contribution in [2.24, 2.45) is 0 Å². The molecule has 0 saturated heterocycles. The monoisotopic (exact) mass is 904 g/mol. The lowest BCUT2D eigenvalue weighted by Crippen LogP contribution is -2.48. The van der Waals surface area contributed by atoms with Gasteiger partial charge in [0.1, 0.15) is 6.10 Å². The first-order chi connectivity index (χ1) is 31.6. The predicted octanol–water partition coefficient (Wildman–Crippen LogP) is 18.3. The van der Waals surface area contributed by atoms with Crippen molar-refractivity contribution in [3.8, 4) is 0 Å². The minimum absolute atomic E-state index is 0.358. The molecule has 0 bridgehead atoms. The fraction of sp³-hybridized carbons (Fsp3) is 0.949. The topological polar surface area (TPSA) is 89.8 Å². The van der Waals surface area contributed by atoms with Crippen molar-refractivity contribution in [1.82, 2.24) is 5.32 Å². The molecule has 0 saturated carbocycles. The van der Waals surface area contributed by atoms with Crippen LogP contribution in [0.1, 0.15) is 335 Å². The van der Waals surface area contributed by atoms with E-state index in [0.29, 0.717) is 6.42 Å². The number of aliphatic hydroxyl groups excluding tert-OH is 3. The lowest BCUT2D eigenvalue weighted by Gasteiger charge is -2.21. The first-order valence-corrected chi connectivity index (χ1v) is 29.5. The Labute approximate surface area is 401 Å². The van der Waals surface area contributed by atoms with Crippen LogP contribution in [-0.4, -0.2) is 46.1 Å². The van der Waals surface area contributed by atoms with Crippen LogP contribution < -0.4 is 5.32 Å². The molecule has 382 valence electrons. The highest BCUT2D eigenvalue weighted by Crippen LogP contribution is 2.18. The normalized spacial score (nSPS) is 13.3. The van der Waals surface area contributed by atoms with Gasteiger partial charge in [-0.1, -0.05) is 328 Å². The lowest BCUT2D eigenvalue weighted by molar-refractivity contribution is -0.131. The Kier molecular flexibility index (Phi) is 53.9. The van der Waals surface area contributed by atoms with Crippen molar-refractivity contribution in [2.75, 3.05) is 6.61 Å². The Morgan fingerprint density at radius 2 is 0.609 bits per heavy atom. The van der Waals surface area contributed by atoms with Gasteiger partial charge in [0.15, 0.2) is 0 Å². The Hall–Kier alpha value is -0.910. The first-order valence-electron chi connectivity index (χ1n) is 29.5. The largest absolute Gasteiger partial charge is 0.394 e. The van der Waals surface area contributed by atoms with Gasteiger partial charge in [-0.15, -0.1) is 0 Å². The maximum absolute atomic E-state index is 12.6. The summed E-state index contributed by atoms with van der Waals surface area (Å²) in [6, 6.07) is -0.795. The second kappa shape index (κ2) is 54.7. The maximum atomic E-state index is 12.6. The zero-order valence-corrected chi connectivity index (χ0v) is 43.7. The maximum Gasteiger partial charge on any atom is 0.249 e. The van der Waals surface area contributed by atoms with Crippen LogP contribution in [0.15, 0.2) is 12.2 Å². The van der Waals surface area contributed by atoms with Crippen LogP contribution in [0.4, 0.5) is 0 Å². The van der Waals surface area contributed by atoms with Crippen LogP contribution in [0.2, 0.25) is 0 Å². The summed E-state index contributed by atoms with van der Waals surface area (Å²) in [6.07, 6.45) is 68.7. The Morgan fingerprint density at radius 1 is 0.375 bits per heavy atom. The van der Waals surface area contributed by atoms with Gasteiger partial charge >= 0.3 is 0 Å². The van der Waals surface area contributed by atoms with Crippen molar-refractivity contribution in [1.29, 1.82) is 0 Å². The van der Waals surface area contributed by atoms with E-state index >= 15 is 0 Å². The van der Waals surface area contributed by atoms with Gasteiger partial charge in [-0.25, -0.2) is 0 Å². The van der Waals surface area contributed by atoms with E-state index in [1.807, 2.05) is 6.08 Å². The summed E-state index contributed by atoms with van der Waals surface area (Å²) in [5, 5.41) is 33.4. The molecule has 0 aliphatic carbocycles. The molecule has 3 unspecified atom stereocenters. The molecule has 5 nitrogen and oxygen atoms in total. The summed E-state index contributed by atoms with van der Waals surface area (Å²) in [6.45, 7) is 4.23. The highest BCUT2D eigenvalue weighted by atomic mass is 16.3. The minimum atomic E-state index is -1.09. The molecule has 0 radical (unpaired) electrons. The van der Waals surface area contributed by atoms with Gasteiger partial charge in [-0.2, -0.15) is 0 Å². The molecule has 0 spiro atoms. The fourth-order valence-corrected chi connectivity index (χ4v) is 9.54. The van der Waals surface area contributed by atoms with Gasteiger partial charge in [0.05, 0.1) is 18.8 Å². The van der Waals surface area contributed by atoms with Crippen LogP contribution >= 0.6 is 0 Å². The van der Waals surface area contributed by atoms with Crippen LogP contribution in [0.3, 0.4) is 0 Å². The minimum Gasteiger partial charge on any atom is -0.394 e. The molecule has 4 N–H and O–H groups in total. The highest BCUT2D eigenvalue weighted by Gasteiger charge is 2.22. The average Bonchev–Trinajstić information content (AvgIpc) is 3.30. The van der Waals surface area contributed by atoms with E-state index in [1.54, 1.807) is 6.08 Å². The van der Waals surface area contributed by atoms with Gasteiger partial charge in [0.2, 0.25) is 5.91 Å². The van der Waals surface area contributed by atoms with E-state index in [-0.39, 0.29) is 6.61 Å². The molecule has 0 aliphatic heterocycles. The van der Waals surface area contributed by atoms with E-state index < -0.39 is 24.2 Å². The van der Waals surface area contributed by atoms with E-state index in [0.717, 1.165) is 32.1 Å². The van der Waals surface area contributed by atoms with Crippen LogP contribution in [0, 0.1) is 0 Å². The van der Waals surface area contributed by atoms with Crippen molar-refractivity contribution in [3.05, 3.63) is 12.2 Å². The molecule has 0 fully saturated rings. The SMILES string of the molecule is CCCCCCCCCCCCCCCCCCCCCCCC/C=C/C(O)C(CO)NC(=O)C(O)CCCCCCCCCCCCCCCCCCCCCCCCCCCC. The van der Waals surface area contributed by atoms with E-state index in [4.69, 9.17) is 0 Å². The quantitative estimate of drug-likeness (QED) is 0.0362. The summed E-state index contributed by atoms with van der Waals surface area (Å²) in [5.74, 6) is -0.495. The summed E-state index contributed by atoms with van der Waals surface area (Å²) in [7, 11) is 0. The molecule has 0 aromatic heterocycles.